The van der Waals surface area contributed by atoms with Crippen molar-refractivity contribution in [2.45, 2.75) is 25.9 Å². The van der Waals surface area contributed by atoms with Gasteiger partial charge in [-0.1, -0.05) is 0 Å². The molecule has 2 fully saturated rings. The van der Waals surface area contributed by atoms with E-state index in [1.807, 2.05) is 0 Å². The van der Waals surface area contributed by atoms with Crippen LogP contribution in [-0.4, -0.2) is 40.0 Å². The van der Waals surface area contributed by atoms with Gasteiger partial charge < -0.3 is 10.0 Å². The van der Waals surface area contributed by atoms with Crippen LogP contribution in [0.4, 0.5) is 5.69 Å². The maximum absolute atomic E-state index is 12.5. The highest BCUT2D eigenvalue weighted by Gasteiger charge is 2.43. The lowest BCUT2D eigenvalue weighted by molar-refractivity contribution is -0.385. The molecule has 1 N–H and O–H groups in total. The minimum atomic E-state index is -0.444. The van der Waals surface area contributed by atoms with Gasteiger partial charge in [-0.3, -0.25) is 14.9 Å². The van der Waals surface area contributed by atoms with E-state index in [0.29, 0.717) is 30.1 Å². The lowest BCUT2D eigenvalue weighted by Gasteiger charge is -2.18. The molecule has 6 heteroatoms. The predicted octanol–water partition coefficient (Wildman–Crippen LogP) is 1.75. The third kappa shape index (κ3) is 2.40. The molecule has 3 atom stereocenters. The van der Waals surface area contributed by atoms with Gasteiger partial charge in [-0.2, -0.15) is 0 Å². The van der Waals surface area contributed by atoms with E-state index in [1.54, 1.807) is 17.9 Å². The smallest absolute Gasteiger partial charge is 0.272 e. The molecule has 1 aliphatic carbocycles. The van der Waals surface area contributed by atoms with Crippen LogP contribution >= 0.6 is 0 Å². The van der Waals surface area contributed by atoms with E-state index >= 15 is 0 Å². The minimum absolute atomic E-state index is 0.0280. The van der Waals surface area contributed by atoms with E-state index in [1.165, 1.54) is 12.1 Å². The molecule has 1 aliphatic heterocycles. The molecule has 0 spiro atoms. The molecule has 3 rings (SSSR count). The normalized spacial score (nSPS) is 27.7. The summed E-state index contributed by atoms with van der Waals surface area (Å²) < 4.78 is 0. The van der Waals surface area contributed by atoms with Crippen LogP contribution in [0.2, 0.25) is 0 Å². The molecule has 0 aromatic heterocycles. The average molecular weight is 290 g/mol. The Labute approximate surface area is 122 Å². The van der Waals surface area contributed by atoms with Gasteiger partial charge >= 0.3 is 0 Å². The van der Waals surface area contributed by atoms with Crippen molar-refractivity contribution in [1.82, 2.24) is 4.90 Å². The number of rotatable bonds is 2. The fraction of sp³-hybridized carbons (Fsp3) is 0.533. The lowest BCUT2D eigenvalue weighted by atomic mass is 10.00. The molecule has 21 heavy (non-hydrogen) atoms. The first-order chi connectivity index (χ1) is 9.97. The molecule has 1 saturated heterocycles. The summed E-state index contributed by atoms with van der Waals surface area (Å²) in [4.78, 5) is 24.6. The van der Waals surface area contributed by atoms with Gasteiger partial charge in [0, 0.05) is 36.2 Å². The number of aliphatic hydroxyl groups excluding tert-OH is 1. The van der Waals surface area contributed by atoms with Crippen LogP contribution in [0, 0.1) is 28.9 Å². The number of carbonyl (C=O) groups excluding carboxylic acids is 1. The maximum atomic E-state index is 12.5. The number of nitrogens with zero attached hydrogens (tertiary/aromatic N) is 2. The summed E-state index contributed by atoms with van der Waals surface area (Å²) in [5, 5.41) is 20.7. The van der Waals surface area contributed by atoms with E-state index in [0.717, 1.165) is 12.8 Å². The van der Waals surface area contributed by atoms with Gasteiger partial charge in [-0.15, -0.1) is 0 Å². The number of hydrogen-bond acceptors (Lipinski definition) is 4. The van der Waals surface area contributed by atoms with Crippen LogP contribution < -0.4 is 0 Å². The maximum Gasteiger partial charge on any atom is 0.272 e. The Bertz CT molecular complexity index is 601. The minimum Gasteiger partial charge on any atom is -0.393 e. The number of amides is 1. The van der Waals surface area contributed by atoms with Crippen LogP contribution in [0.3, 0.4) is 0 Å². The quantitative estimate of drug-likeness (QED) is 0.664. The number of aliphatic hydroxyl groups is 1. The number of carbonyl (C=O) groups is 1. The number of nitro groups is 1. The Balaban J connectivity index is 1.77. The standard InChI is InChI=1S/C15H18N2O4/c1-9-6-10(2-4-13(9)17(20)21)15(19)16-7-11-3-5-14(18)12(11)8-16/h2,4,6,11-12,14,18H,3,5,7-8H2,1H3. The number of nitro benzene ring substituents is 1. The van der Waals surface area contributed by atoms with Crippen LogP contribution in [0.15, 0.2) is 18.2 Å². The van der Waals surface area contributed by atoms with Crippen LogP contribution in [0.5, 0.6) is 0 Å². The van der Waals surface area contributed by atoms with Crippen LogP contribution in [-0.2, 0) is 0 Å². The van der Waals surface area contributed by atoms with Crippen molar-refractivity contribution < 1.29 is 14.8 Å². The number of likely N-dealkylation sites (tertiary alicyclic amines) is 1. The molecule has 1 saturated carbocycles. The molecule has 0 radical (unpaired) electrons. The second-order valence-corrected chi connectivity index (χ2v) is 6.04. The zero-order chi connectivity index (χ0) is 15.1. The van der Waals surface area contributed by atoms with Gasteiger partial charge in [0.25, 0.3) is 11.6 Å². The van der Waals surface area contributed by atoms with E-state index in [9.17, 15) is 20.0 Å². The molecule has 1 amide bonds. The molecule has 1 aromatic carbocycles. The van der Waals surface area contributed by atoms with Crippen molar-refractivity contribution in [3.63, 3.8) is 0 Å². The van der Waals surface area contributed by atoms with E-state index < -0.39 is 4.92 Å². The predicted molar refractivity (Wildman–Crippen MR) is 76.0 cm³/mol. The van der Waals surface area contributed by atoms with Crippen molar-refractivity contribution in [3.05, 3.63) is 39.4 Å². The summed E-state index contributed by atoms with van der Waals surface area (Å²) >= 11 is 0. The summed E-state index contributed by atoms with van der Waals surface area (Å²) in [6.45, 7) is 2.90. The second-order valence-electron chi connectivity index (χ2n) is 6.04. The van der Waals surface area contributed by atoms with Gasteiger partial charge in [0.2, 0.25) is 0 Å². The van der Waals surface area contributed by atoms with Gasteiger partial charge in [-0.05, 0) is 37.8 Å². The van der Waals surface area contributed by atoms with Crippen molar-refractivity contribution in [3.8, 4) is 0 Å². The van der Waals surface area contributed by atoms with Gasteiger partial charge in [0.15, 0.2) is 0 Å². The summed E-state index contributed by atoms with van der Waals surface area (Å²) in [5.74, 6) is 0.478. The molecule has 6 nitrogen and oxygen atoms in total. The van der Waals surface area contributed by atoms with Gasteiger partial charge in [0.05, 0.1) is 11.0 Å². The molecule has 2 aliphatic rings. The Morgan fingerprint density at radius 3 is 2.76 bits per heavy atom. The first-order valence-electron chi connectivity index (χ1n) is 7.19. The highest BCUT2D eigenvalue weighted by atomic mass is 16.6. The third-order valence-electron chi connectivity index (χ3n) is 4.75. The summed E-state index contributed by atoms with van der Waals surface area (Å²) in [5.41, 5.74) is 0.998. The molecular formula is C15H18N2O4. The zero-order valence-corrected chi connectivity index (χ0v) is 11.9. The van der Waals surface area contributed by atoms with Crippen molar-refractivity contribution >= 4 is 11.6 Å². The van der Waals surface area contributed by atoms with Gasteiger partial charge in [-0.25, -0.2) is 0 Å². The molecule has 1 heterocycles. The topological polar surface area (TPSA) is 83.7 Å². The van der Waals surface area contributed by atoms with E-state index in [-0.39, 0.29) is 23.6 Å². The lowest BCUT2D eigenvalue weighted by Crippen LogP contribution is -2.31. The fourth-order valence-corrected chi connectivity index (χ4v) is 3.58. The Morgan fingerprint density at radius 1 is 1.38 bits per heavy atom. The molecule has 0 bridgehead atoms. The van der Waals surface area contributed by atoms with E-state index in [2.05, 4.69) is 0 Å². The number of fused-ring (bicyclic) bond motifs is 1. The Morgan fingerprint density at radius 2 is 2.14 bits per heavy atom. The fourth-order valence-electron chi connectivity index (χ4n) is 3.58. The summed E-state index contributed by atoms with van der Waals surface area (Å²) in [6.07, 6.45) is 1.49. The number of benzene rings is 1. The zero-order valence-electron chi connectivity index (χ0n) is 11.9. The summed E-state index contributed by atoms with van der Waals surface area (Å²) in [6, 6.07) is 4.47. The highest BCUT2D eigenvalue weighted by Crippen LogP contribution is 2.38. The Kier molecular flexibility index (Phi) is 3.41. The monoisotopic (exact) mass is 290 g/mol. The molecular weight excluding hydrogens is 272 g/mol. The van der Waals surface area contributed by atoms with Gasteiger partial charge in [0.1, 0.15) is 0 Å². The molecule has 1 aromatic rings. The number of aryl methyl sites for hydroxylation is 1. The van der Waals surface area contributed by atoms with Crippen molar-refractivity contribution in [1.29, 1.82) is 0 Å². The largest absolute Gasteiger partial charge is 0.393 e. The highest BCUT2D eigenvalue weighted by molar-refractivity contribution is 5.95. The average Bonchev–Trinajstić information content (AvgIpc) is 3.00. The van der Waals surface area contributed by atoms with Crippen LogP contribution in [0.1, 0.15) is 28.8 Å². The first kappa shape index (κ1) is 14.0. The first-order valence-corrected chi connectivity index (χ1v) is 7.19. The second kappa shape index (κ2) is 5.11. The third-order valence-corrected chi connectivity index (χ3v) is 4.75. The molecule has 3 unspecified atom stereocenters. The van der Waals surface area contributed by atoms with E-state index in [4.69, 9.17) is 0 Å². The SMILES string of the molecule is Cc1cc(C(=O)N2CC3CCC(O)C3C2)ccc1[N+](=O)[O-]. The summed E-state index contributed by atoms with van der Waals surface area (Å²) in [7, 11) is 0. The van der Waals surface area contributed by atoms with Crippen molar-refractivity contribution in [2.75, 3.05) is 13.1 Å². The van der Waals surface area contributed by atoms with Crippen molar-refractivity contribution in [2.24, 2.45) is 11.8 Å². The van der Waals surface area contributed by atoms with Crippen LogP contribution in [0.25, 0.3) is 0 Å². The number of hydrogen-bond donors (Lipinski definition) is 1. The molecule has 112 valence electrons. The Hall–Kier alpha value is -1.95.